The Kier molecular flexibility index (Phi) is 3.57. The summed E-state index contributed by atoms with van der Waals surface area (Å²) < 4.78 is 10.5. The molecule has 0 aromatic heterocycles. The molecule has 0 aliphatic carbocycles. The fourth-order valence-corrected chi connectivity index (χ4v) is 1.44. The minimum absolute atomic E-state index is 0.778. The molecule has 0 amide bonds. The molecule has 0 saturated heterocycles. The second-order valence-electron chi connectivity index (χ2n) is 3.09. The van der Waals surface area contributed by atoms with Crippen molar-refractivity contribution >= 4 is 6.08 Å². The van der Waals surface area contributed by atoms with Crippen LogP contribution in [0.2, 0.25) is 0 Å². The number of allylic oxidation sites excluding steroid dienone is 1. The SMILES string of the molecule is CC=Cc1cc(C)cc(OC)c1OC. The predicted octanol–water partition coefficient (Wildman–Crippen LogP) is 3.05. The van der Waals surface area contributed by atoms with Crippen LogP contribution in [0.25, 0.3) is 6.08 Å². The van der Waals surface area contributed by atoms with E-state index in [4.69, 9.17) is 9.47 Å². The number of hydrogen-bond acceptors (Lipinski definition) is 2. The molecule has 0 N–H and O–H groups in total. The van der Waals surface area contributed by atoms with Crippen molar-refractivity contribution in [3.8, 4) is 11.5 Å². The van der Waals surface area contributed by atoms with Crippen LogP contribution < -0.4 is 9.47 Å². The monoisotopic (exact) mass is 192 g/mol. The van der Waals surface area contributed by atoms with Crippen LogP contribution in [0.15, 0.2) is 18.2 Å². The quantitative estimate of drug-likeness (QED) is 0.732. The van der Waals surface area contributed by atoms with Crippen LogP contribution in [0.1, 0.15) is 18.1 Å². The van der Waals surface area contributed by atoms with E-state index in [2.05, 4.69) is 6.07 Å². The molecule has 1 aromatic rings. The van der Waals surface area contributed by atoms with E-state index in [-0.39, 0.29) is 0 Å². The van der Waals surface area contributed by atoms with Gasteiger partial charge >= 0.3 is 0 Å². The molecule has 0 fully saturated rings. The van der Waals surface area contributed by atoms with E-state index < -0.39 is 0 Å². The van der Waals surface area contributed by atoms with E-state index in [1.807, 2.05) is 32.1 Å². The Morgan fingerprint density at radius 2 is 1.86 bits per heavy atom. The van der Waals surface area contributed by atoms with Crippen LogP contribution in [0, 0.1) is 6.92 Å². The van der Waals surface area contributed by atoms with Gasteiger partial charge in [-0.15, -0.1) is 0 Å². The van der Waals surface area contributed by atoms with E-state index in [9.17, 15) is 0 Å². The van der Waals surface area contributed by atoms with Gasteiger partial charge in [-0.25, -0.2) is 0 Å². The number of benzene rings is 1. The van der Waals surface area contributed by atoms with E-state index in [0.29, 0.717) is 0 Å². The second-order valence-corrected chi connectivity index (χ2v) is 3.09. The van der Waals surface area contributed by atoms with Gasteiger partial charge < -0.3 is 9.47 Å². The molecule has 1 rings (SSSR count). The van der Waals surface area contributed by atoms with Crippen molar-refractivity contribution in [3.63, 3.8) is 0 Å². The lowest BCUT2D eigenvalue weighted by Crippen LogP contribution is -1.93. The summed E-state index contributed by atoms with van der Waals surface area (Å²) in [6.45, 7) is 4.02. The molecular weight excluding hydrogens is 176 g/mol. The maximum atomic E-state index is 5.30. The Labute approximate surface area is 85.2 Å². The Morgan fingerprint density at radius 3 is 2.36 bits per heavy atom. The molecule has 0 aliphatic rings. The lowest BCUT2D eigenvalue weighted by molar-refractivity contribution is 0.354. The van der Waals surface area contributed by atoms with Crippen molar-refractivity contribution in [2.24, 2.45) is 0 Å². The zero-order chi connectivity index (χ0) is 10.6. The third-order valence-corrected chi connectivity index (χ3v) is 2.00. The van der Waals surface area contributed by atoms with Crippen LogP contribution in [-0.4, -0.2) is 14.2 Å². The third-order valence-electron chi connectivity index (χ3n) is 2.00. The molecule has 0 radical (unpaired) electrons. The Hall–Kier alpha value is -1.44. The van der Waals surface area contributed by atoms with Crippen molar-refractivity contribution in [1.82, 2.24) is 0 Å². The average molecular weight is 192 g/mol. The molecule has 0 bridgehead atoms. The fourth-order valence-electron chi connectivity index (χ4n) is 1.44. The van der Waals surface area contributed by atoms with Gasteiger partial charge in [-0.3, -0.25) is 0 Å². The topological polar surface area (TPSA) is 18.5 Å². The molecule has 0 aliphatic heterocycles. The lowest BCUT2D eigenvalue weighted by Gasteiger charge is -2.11. The first-order valence-corrected chi connectivity index (χ1v) is 4.58. The molecule has 1 aromatic carbocycles. The summed E-state index contributed by atoms with van der Waals surface area (Å²) in [4.78, 5) is 0. The van der Waals surface area contributed by atoms with Gasteiger partial charge in [-0.05, 0) is 31.5 Å². The fraction of sp³-hybridized carbons (Fsp3) is 0.333. The number of ether oxygens (including phenoxy) is 2. The number of methoxy groups -OCH3 is 2. The van der Waals surface area contributed by atoms with Crippen LogP contribution in [0.5, 0.6) is 11.5 Å². The van der Waals surface area contributed by atoms with Gasteiger partial charge in [0.1, 0.15) is 0 Å². The summed E-state index contributed by atoms with van der Waals surface area (Å²) in [7, 11) is 3.30. The van der Waals surface area contributed by atoms with Crippen LogP contribution in [0.3, 0.4) is 0 Å². The Balaban J connectivity index is 3.31. The normalized spacial score (nSPS) is 10.6. The van der Waals surface area contributed by atoms with Crippen molar-refractivity contribution in [2.75, 3.05) is 14.2 Å². The molecule has 0 atom stereocenters. The number of hydrogen-bond donors (Lipinski definition) is 0. The van der Waals surface area contributed by atoms with E-state index in [1.165, 1.54) is 0 Å². The highest BCUT2D eigenvalue weighted by atomic mass is 16.5. The zero-order valence-electron chi connectivity index (χ0n) is 9.13. The molecule has 0 heterocycles. The standard InChI is InChI=1S/C12H16O2/c1-5-6-10-7-9(2)8-11(13-3)12(10)14-4/h5-8H,1-4H3. The average Bonchev–Trinajstić information content (AvgIpc) is 2.17. The van der Waals surface area contributed by atoms with Gasteiger partial charge in [-0.2, -0.15) is 0 Å². The molecule has 76 valence electrons. The van der Waals surface area contributed by atoms with Gasteiger partial charge in [0.2, 0.25) is 0 Å². The molecule has 14 heavy (non-hydrogen) atoms. The van der Waals surface area contributed by atoms with Crippen LogP contribution in [-0.2, 0) is 0 Å². The van der Waals surface area contributed by atoms with Crippen molar-refractivity contribution in [3.05, 3.63) is 29.3 Å². The Morgan fingerprint density at radius 1 is 1.14 bits per heavy atom. The first-order chi connectivity index (χ1) is 6.72. The molecule has 0 spiro atoms. The van der Waals surface area contributed by atoms with E-state index in [0.717, 1.165) is 22.6 Å². The van der Waals surface area contributed by atoms with Gasteiger partial charge in [0, 0.05) is 5.56 Å². The van der Waals surface area contributed by atoms with Crippen molar-refractivity contribution in [1.29, 1.82) is 0 Å². The summed E-state index contributed by atoms with van der Waals surface area (Å²) in [6, 6.07) is 4.03. The summed E-state index contributed by atoms with van der Waals surface area (Å²) >= 11 is 0. The first kappa shape index (κ1) is 10.6. The second kappa shape index (κ2) is 4.70. The summed E-state index contributed by atoms with van der Waals surface area (Å²) in [6.07, 6.45) is 3.99. The van der Waals surface area contributed by atoms with E-state index in [1.54, 1.807) is 14.2 Å². The van der Waals surface area contributed by atoms with Gasteiger partial charge in [0.15, 0.2) is 11.5 Å². The minimum Gasteiger partial charge on any atom is -0.493 e. The smallest absolute Gasteiger partial charge is 0.167 e. The zero-order valence-corrected chi connectivity index (χ0v) is 9.13. The van der Waals surface area contributed by atoms with E-state index >= 15 is 0 Å². The predicted molar refractivity (Wildman–Crippen MR) is 59.0 cm³/mol. The van der Waals surface area contributed by atoms with Crippen LogP contribution >= 0.6 is 0 Å². The molecular formula is C12H16O2. The largest absolute Gasteiger partial charge is 0.493 e. The molecule has 0 unspecified atom stereocenters. The lowest BCUT2D eigenvalue weighted by atomic mass is 10.1. The molecule has 0 saturated carbocycles. The van der Waals surface area contributed by atoms with Crippen molar-refractivity contribution < 1.29 is 9.47 Å². The maximum absolute atomic E-state index is 5.30. The highest BCUT2D eigenvalue weighted by Gasteiger charge is 2.08. The van der Waals surface area contributed by atoms with Gasteiger partial charge in [0.05, 0.1) is 14.2 Å². The van der Waals surface area contributed by atoms with Crippen LogP contribution in [0.4, 0.5) is 0 Å². The first-order valence-electron chi connectivity index (χ1n) is 4.58. The number of aryl methyl sites for hydroxylation is 1. The minimum atomic E-state index is 0.778. The third kappa shape index (κ3) is 2.08. The highest BCUT2D eigenvalue weighted by molar-refractivity contribution is 5.63. The van der Waals surface area contributed by atoms with Gasteiger partial charge in [0.25, 0.3) is 0 Å². The number of rotatable bonds is 3. The Bertz CT molecular complexity index is 340. The summed E-state index contributed by atoms with van der Waals surface area (Å²) in [5, 5.41) is 0. The summed E-state index contributed by atoms with van der Waals surface area (Å²) in [5.41, 5.74) is 2.21. The molecule has 2 heteroatoms. The van der Waals surface area contributed by atoms with Gasteiger partial charge in [-0.1, -0.05) is 12.2 Å². The summed E-state index contributed by atoms with van der Waals surface area (Å²) in [5.74, 6) is 1.57. The maximum Gasteiger partial charge on any atom is 0.167 e. The highest BCUT2D eigenvalue weighted by Crippen LogP contribution is 2.33. The molecule has 2 nitrogen and oxygen atoms in total. The van der Waals surface area contributed by atoms with Crippen molar-refractivity contribution in [2.45, 2.75) is 13.8 Å².